The largest absolute Gasteiger partial charge is 0.395 e. The van der Waals surface area contributed by atoms with Crippen LogP contribution in [0.5, 0.6) is 0 Å². The van der Waals surface area contributed by atoms with E-state index < -0.39 is 0 Å². The zero-order valence-electron chi connectivity index (χ0n) is 19.1. The highest BCUT2D eigenvalue weighted by Gasteiger charge is 2.35. The van der Waals surface area contributed by atoms with E-state index in [0.29, 0.717) is 16.7 Å². The minimum absolute atomic E-state index is 0.0638. The van der Waals surface area contributed by atoms with Gasteiger partial charge in [-0.1, -0.05) is 23.7 Å². The summed E-state index contributed by atoms with van der Waals surface area (Å²) in [5.74, 6) is 1.02. The average molecular weight is 509 g/mol. The van der Waals surface area contributed by atoms with Gasteiger partial charge in [0.1, 0.15) is 12.1 Å². The number of hydrogen-bond acceptors (Lipinski definition) is 7. The molecule has 1 aliphatic rings. The number of carbonyl (C=O) groups is 1. The lowest BCUT2D eigenvalue weighted by molar-refractivity contribution is -0.114. The molecule has 1 unspecified atom stereocenters. The van der Waals surface area contributed by atoms with E-state index in [-0.39, 0.29) is 24.6 Å². The van der Waals surface area contributed by atoms with Crippen LogP contribution in [0.25, 0.3) is 21.1 Å². The standard InChI is InChI=1S/C25H25ClN6O2S/c1-15(34)30-22-11-17(8-9-27-22)21-12-20(24(35-21)25-28-14-29-31-25)23(16-4-6-18(26)7-5-16)32-10-2-3-19(32)13-33/h4-9,11-12,14,19,23,33H,2-3,10,13H2,1H3,(H,27,30,34)(H,28,29,31)/t19-,23?/m1/s1. The van der Waals surface area contributed by atoms with Crippen molar-refractivity contribution in [3.8, 4) is 21.1 Å². The summed E-state index contributed by atoms with van der Waals surface area (Å²) in [6, 6.07) is 13.8. The van der Waals surface area contributed by atoms with Gasteiger partial charge in [0, 0.05) is 29.1 Å². The number of nitrogens with one attached hydrogen (secondary N) is 2. The molecule has 0 aliphatic carbocycles. The van der Waals surface area contributed by atoms with Crippen molar-refractivity contribution in [1.29, 1.82) is 0 Å². The number of rotatable bonds is 7. The number of likely N-dealkylation sites (tertiary alicyclic amines) is 1. The zero-order chi connectivity index (χ0) is 24.4. The second-order valence-electron chi connectivity index (χ2n) is 8.51. The maximum absolute atomic E-state index is 11.5. The number of amides is 1. The number of H-pyrrole nitrogens is 1. The second-order valence-corrected chi connectivity index (χ2v) is 10.00. The summed E-state index contributed by atoms with van der Waals surface area (Å²) >= 11 is 7.82. The van der Waals surface area contributed by atoms with Crippen molar-refractivity contribution in [1.82, 2.24) is 25.1 Å². The molecule has 4 aromatic rings. The minimum atomic E-state index is -0.171. The molecule has 0 radical (unpaired) electrons. The van der Waals surface area contributed by atoms with Gasteiger partial charge in [-0.15, -0.1) is 11.3 Å². The van der Waals surface area contributed by atoms with Crippen LogP contribution in [-0.2, 0) is 4.79 Å². The Balaban J connectivity index is 1.66. The molecule has 1 saturated heterocycles. The molecule has 0 saturated carbocycles. The van der Waals surface area contributed by atoms with Crippen LogP contribution in [0.2, 0.25) is 5.02 Å². The van der Waals surface area contributed by atoms with Crippen LogP contribution in [0.1, 0.15) is 36.9 Å². The first-order valence-electron chi connectivity index (χ1n) is 11.4. The normalized spacial score (nSPS) is 16.9. The minimum Gasteiger partial charge on any atom is -0.395 e. The molecule has 1 aliphatic heterocycles. The van der Waals surface area contributed by atoms with Crippen molar-refractivity contribution < 1.29 is 9.90 Å². The van der Waals surface area contributed by atoms with Crippen LogP contribution in [0.15, 0.2) is 55.0 Å². The van der Waals surface area contributed by atoms with Crippen molar-refractivity contribution in [3.63, 3.8) is 0 Å². The topological polar surface area (TPSA) is 107 Å². The first-order chi connectivity index (χ1) is 17.0. The highest BCUT2D eigenvalue weighted by atomic mass is 35.5. The lowest BCUT2D eigenvalue weighted by Gasteiger charge is -2.33. The Labute approximate surface area is 212 Å². The number of aromatic nitrogens is 4. The number of nitrogens with zero attached hydrogens (tertiary/aromatic N) is 4. The molecule has 0 spiro atoms. The Morgan fingerprint density at radius 3 is 2.83 bits per heavy atom. The number of benzene rings is 1. The second kappa shape index (κ2) is 10.2. The molecule has 1 amide bonds. The molecule has 1 fully saturated rings. The average Bonchev–Trinajstić information content (AvgIpc) is 3.61. The third-order valence-electron chi connectivity index (χ3n) is 6.18. The summed E-state index contributed by atoms with van der Waals surface area (Å²) in [6.07, 6.45) is 5.16. The van der Waals surface area contributed by atoms with Crippen molar-refractivity contribution in [3.05, 3.63) is 71.1 Å². The lowest BCUT2D eigenvalue weighted by atomic mass is 9.95. The van der Waals surface area contributed by atoms with Crippen LogP contribution < -0.4 is 5.32 Å². The van der Waals surface area contributed by atoms with Crippen molar-refractivity contribution in [2.24, 2.45) is 0 Å². The van der Waals surface area contributed by atoms with E-state index in [1.807, 2.05) is 36.4 Å². The molecule has 180 valence electrons. The maximum Gasteiger partial charge on any atom is 0.222 e. The zero-order valence-corrected chi connectivity index (χ0v) is 20.7. The van der Waals surface area contributed by atoms with E-state index in [0.717, 1.165) is 45.8 Å². The summed E-state index contributed by atoms with van der Waals surface area (Å²) in [4.78, 5) is 24.6. The summed E-state index contributed by atoms with van der Waals surface area (Å²) in [5, 5.41) is 20.7. The Morgan fingerprint density at radius 1 is 1.29 bits per heavy atom. The van der Waals surface area contributed by atoms with Crippen LogP contribution >= 0.6 is 22.9 Å². The van der Waals surface area contributed by atoms with E-state index in [1.165, 1.54) is 13.3 Å². The first kappa shape index (κ1) is 23.6. The van der Waals surface area contributed by atoms with Crippen molar-refractivity contribution in [2.45, 2.75) is 31.8 Å². The molecular weight excluding hydrogens is 484 g/mol. The molecule has 4 heterocycles. The molecule has 1 aromatic carbocycles. The monoisotopic (exact) mass is 508 g/mol. The lowest BCUT2D eigenvalue weighted by Crippen LogP contribution is -2.36. The first-order valence-corrected chi connectivity index (χ1v) is 12.6. The molecule has 2 atom stereocenters. The highest BCUT2D eigenvalue weighted by Crippen LogP contribution is 2.45. The molecule has 0 bridgehead atoms. The fraction of sp³-hybridized carbons (Fsp3) is 0.280. The van der Waals surface area contributed by atoms with Gasteiger partial charge in [-0.05, 0) is 66.4 Å². The van der Waals surface area contributed by atoms with Crippen LogP contribution in [-0.4, -0.2) is 55.3 Å². The molecule has 5 rings (SSSR count). The Kier molecular flexibility index (Phi) is 6.92. The van der Waals surface area contributed by atoms with E-state index in [4.69, 9.17) is 11.6 Å². The van der Waals surface area contributed by atoms with Crippen LogP contribution in [0, 0.1) is 0 Å². The molecule has 10 heteroatoms. The summed E-state index contributed by atoms with van der Waals surface area (Å²) in [7, 11) is 0. The number of hydrogen-bond donors (Lipinski definition) is 3. The number of halogens is 1. The van der Waals surface area contributed by atoms with Gasteiger partial charge in [0.15, 0.2) is 5.82 Å². The summed E-state index contributed by atoms with van der Waals surface area (Å²) < 4.78 is 0. The molecule has 3 aromatic heterocycles. The van der Waals surface area contributed by atoms with Crippen molar-refractivity contribution in [2.75, 3.05) is 18.5 Å². The molecule has 8 nitrogen and oxygen atoms in total. The molecule has 3 N–H and O–H groups in total. The number of thiophene rings is 1. The molecule has 35 heavy (non-hydrogen) atoms. The van der Waals surface area contributed by atoms with Gasteiger partial charge in [0.25, 0.3) is 0 Å². The number of anilines is 1. The van der Waals surface area contributed by atoms with Crippen molar-refractivity contribution >= 4 is 34.7 Å². The highest BCUT2D eigenvalue weighted by molar-refractivity contribution is 7.19. The summed E-state index contributed by atoms with van der Waals surface area (Å²) in [6.45, 7) is 2.44. The third-order valence-corrected chi connectivity index (χ3v) is 7.64. The number of pyridine rings is 1. The predicted molar refractivity (Wildman–Crippen MR) is 137 cm³/mol. The van der Waals surface area contributed by atoms with Gasteiger partial charge in [-0.2, -0.15) is 5.10 Å². The smallest absolute Gasteiger partial charge is 0.222 e. The van der Waals surface area contributed by atoms with Gasteiger partial charge in [0.2, 0.25) is 5.91 Å². The number of aliphatic hydroxyl groups is 1. The van der Waals surface area contributed by atoms with E-state index in [2.05, 4.69) is 36.4 Å². The van der Waals surface area contributed by atoms with Gasteiger partial charge in [-0.3, -0.25) is 14.8 Å². The number of aromatic amines is 1. The number of carbonyl (C=O) groups excluding carboxylic acids is 1. The maximum atomic E-state index is 11.5. The number of aliphatic hydroxyl groups excluding tert-OH is 1. The van der Waals surface area contributed by atoms with E-state index in [9.17, 15) is 9.90 Å². The van der Waals surface area contributed by atoms with E-state index in [1.54, 1.807) is 17.5 Å². The Hall–Kier alpha value is -3.11. The Bertz CT molecular complexity index is 1310. The SMILES string of the molecule is CC(=O)Nc1cc(-c2cc(C(c3ccc(Cl)cc3)N3CCC[C@@H]3CO)c(-c3ncn[nH]3)s2)ccn1. The van der Waals surface area contributed by atoms with Gasteiger partial charge in [0.05, 0.1) is 17.5 Å². The Morgan fingerprint density at radius 2 is 2.11 bits per heavy atom. The quantitative estimate of drug-likeness (QED) is 0.332. The summed E-state index contributed by atoms with van der Waals surface area (Å²) in [5.41, 5.74) is 3.10. The fourth-order valence-corrected chi connectivity index (χ4v) is 5.93. The third kappa shape index (κ3) is 4.99. The van der Waals surface area contributed by atoms with Crippen LogP contribution in [0.4, 0.5) is 5.82 Å². The van der Waals surface area contributed by atoms with Gasteiger partial charge < -0.3 is 10.4 Å². The fourth-order valence-electron chi connectivity index (χ4n) is 4.67. The van der Waals surface area contributed by atoms with Gasteiger partial charge in [-0.25, -0.2) is 9.97 Å². The van der Waals surface area contributed by atoms with E-state index >= 15 is 0 Å². The molecular formula is C25H25ClN6O2S. The predicted octanol–water partition coefficient (Wildman–Crippen LogP) is 4.75. The van der Waals surface area contributed by atoms with Crippen LogP contribution in [0.3, 0.4) is 0 Å². The van der Waals surface area contributed by atoms with Gasteiger partial charge >= 0.3 is 0 Å².